The second kappa shape index (κ2) is 4.93. The van der Waals surface area contributed by atoms with Crippen LogP contribution < -0.4 is 10.5 Å². The molecule has 4 nitrogen and oxygen atoms in total. The molecule has 0 aromatic heterocycles. The van der Waals surface area contributed by atoms with Gasteiger partial charge in [0.15, 0.2) is 0 Å². The summed E-state index contributed by atoms with van der Waals surface area (Å²) < 4.78 is 27.1. The Balaban J connectivity index is 2.38. The standard InChI is InChI=1S/C14H16N2O2S/c1-10-7-8-12(9-13(10)15)19(17,18)16-14-6-4-3-5-11(14)2/h3-9,16H,15H2,1-2H3. The molecule has 0 heterocycles. The molecular formula is C14H16N2O2S. The molecule has 0 atom stereocenters. The van der Waals surface area contributed by atoms with E-state index >= 15 is 0 Å². The smallest absolute Gasteiger partial charge is 0.261 e. The molecular weight excluding hydrogens is 260 g/mol. The predicted molar refractivity (Wildman–Crippen MR) is 77.6 cm³/mol. The van der Waals surface area contributed by atoms with E-state index in [1.807, 2.05) is 26.0 Å². The summed E-state index contributed by atoms with van der Waals surface area (Å²) in [4.78, 5) is 0.166. The third kappa shape index (κ3) is 2.88. The SMILES string of the molecule is Cc1ccc(S(=O)(=O)Nc2ccccc2C)cc1N. The Morgan fingerprint density at radius 2 is 1.68 bits per heavy atom. The van der Waals surface area contributed by atoms with Crippen molar-refractivity contribution in [3.05, 3.63) is 53.6 Å². The number of nitrogen functional groups attached to an aromatic ring is 1. The van der Waals surface area contributed by atoms with Crippen molar-refractivity contribution in [1.29, 1.82) is 0 Å². The maximum absolute atomic E-state index is 12.3. The fraction of sp³-hybridized carbons (Fsp3) is 0.143. The summed E-state index contributed by atoms with van der Waals surface area (Å²) in [5, 5.41) is 0. The van der Waals surface area contributed by atoms with Crippen LogP contribution in [0.4, 0.5) is 11.4 Å². The number of hydrogen-bond acceptors (Lipinski definition) is 3. The molecule has 0 unspecified atom stereocenters. The van der Waals surface area contributed by atoms with Gasteiger partial charge in [0.1, 0.15) is 0 Å². The Labute approximate surface area is 113 Å². The molecule has 5 heteroatoms. The molecule has 0 aliphatic heterocycles. The Kier molecular flexibility index (Phi) is 3.48. The lowest BCUT2D eigenvalue weighted by molar-refractivity contribution is 0.601. The zero-order valence-corrected chi connectivity index (χ0v) is 11.7. The molecule has 2 aromatic carbocycles. The van der Waals surface area contributed by atoms with Crippen LogP contribution in [-0.4, -0.2) is 8.42 Å². The van der Waals surface area contributed by atoms with Crippen LogP contribution in [0.3, 0.4) is 0 Å². The fourth-order valence-electron chi connectivity index (χ4n) is 1.68. The number of hydrogen-bond donors (Lipinski definition) is 2. The Bertz CT molecular complexity index is 709. The summed E-state index contributed by atoms with van der Waals surface area (Å²) in [5.41, 5.74) is 8.51. The quantitative estimate of drug-likeness (QED) is 0.847. The number of rotatable bonds is 3. The van der Waals surface area contributed by atoms with Gasteiger partial charge in [-0.05, 0) is 43.2 Å². The molecule has 0 saturated heterocycles. The Hall–Kier alpha value is -2.01. The molecule has 19 heavy (non-hydrogen) atoms. The number of anilines is 2. The minimum Gasteiger partial charge on any atom is -0.398 e. The van der Waals surface area contributed by atoms with Crippen molar-refractivity contribution in [2.24, 2.45) is 0 Å². The van der Waals surface area contributed by atoms with Gasteiger partial charge in [-0.15, -0.1) is 0 Å². The van der Waals surface area contributed by atoms with Gasteiger partial charge in [0, 0.05) is 5.69 Å². The first-order valence-electron chi connectivity index (χ1n) is 5.85. The van der Waals surface area contributed by atoms with E-state index in [-0.39, 0.29) is 4.90 Å². The van der Waals surface area contributed by atoms with Crippen LogP contribution in [0, 0.1) is 13.8 Å². The van der Waals surface area contributed by atoms with Gasteiger partial charge in [0.2, 0.25) is 0 Å². The summed E-state index contributed by atoms with van der Waals surface area (Å²) in [6.45, 7) is 3.68. The third-order valence-electron chi connectivity index (χ3n) is 2.95. The number of sulfonamides is 1. The topological polar surface area (TPSA) is 72.2 Å². The molecule has 3 N–H and O–H groups in total. The summed E-state index contributed by atoms with van der Waals surface area (Å²) in [6, 6.07) is 11.9. The van der Waals surface area contributed by atoms with Gasteiger partial charge in [-0.25, -0.2) is 8.42 Å². The molecule has 0 radical (unpaired) electrons. The van der Waals surface area contributed by atoms with E-state index in [4.69, 9.17) is 5.73 Å². The highest BCUT2D eigenvalue weighted by molar-refractivity contribution is 7.92. The summed E-state index contributed by atoms with van der Waals surface area (Å²) in [7, 11) is -3.61. The maximum Gasteiger partial charge on any atom is 0.261 e. The van der Waals surface area contributed by atoms with Crippen LogP contribution in [0.1, 0.15) is 11.1 Å². The van der Waals surface area contributed by atoms with Crippen LogP contribution in [0.5, 0.6) is 0 Å². The molecule has 0 amide bonds. The molecule has 2 rings (SSSR count). The minimum absolute atomic E-state index is 0.166. The molecule has 0 spiro atoms. The summed E-state index contributed by atoms with van der Waals surface area (Å²) in [5.74, 6) is 0. The number of nitrogens with one attached hydrogen (secondary N) is 1. The predicted octanol–water partition coefficient (Wildman–Crippen LogP) is 2.69. The molecule has 0 aliphatic rings. The second-order valence-corrected chi connectivity index (χ2v) is 6.12. The molecule has 100 valence electrons. The van der Waals surface area contributed by atoms with Crippen molar-refractivity contribution >= 4 is 21.4 Å². The van der Waals surface area contributed by atoms with Crippen LogP contribution in [-0.2, 0) is 10.0 Å². The second-order valence-electron chi connectivity index (χ2n) is 4.44. The lowest BCUT2D eigenvalue weighted by Crippen LogP contribution is -2.14. The molecule has 0 aliphatic carbocycles. The van der Waals surface area contributed by atoms with Crippen molar-refractivity contribution in [1.82, 2.24) is 0 Å². The summed E-state index contributed by atoms with van der Waals surface area (Å²) >= 11 is 0. The molecule has 2 aromatic rings. The van der Waals surface area contributed by atoms with E-state index < -0.39 is 10.0 Å². The van der Waals surface area contributed by atoms with Crippen LogP contribution in [0.25, 0.3) is 0 Å². The van der Waals surface area contributed by atoms with Crippen LogP contribution in [0.2, 0.25) is 0 Å². The van der Waals surface area contributed by atoms with Crippen LogP contribution >= 0.6 is 0 Å². The Morgan fingerprint density at radius 1 is 1.00 bits per heavy atom. The first-order chi connectivity index (χ1) is 8.90. The van der Waals surface area contributed by atoms with Crippen LogP contribution in [0.15, 0.2) is 47.4 Å². The number of aryl methyl sites for hydroxylation is 2. The monoisotopic (exact) mass is 276 g/mol. The Morgan fingerprint density at radius 3 is 2.32 bits per heavy atom. The van der Waals surface area contributed by atoms with E-state index in [0.717, 1.165) is 11.1 Å². The first kappa shape index (κ1) is 13.4. The maximum atomic E-state index is 12.3. The van der Waals surface area contributed by atoms with Gasteiger partial charge < -0.3 is 5.73 Å². The molecule has 0 fully saturated rings. The van der Waals surface area contributed by atoms with Crippen molar-refractivity contribution in [2.75, 3.05) is 10.5 Å². The number of para-hydroxylation sites is 1. The van der Waals surface area contributed by atoms with Gasteiger partial charge in [-0.2, -0.15) is 0 Å². The van der Waals surface area contributed by atoms with Crippen molar-refractivity contribution in [3.63, 3.8) is 0 Å². The summed E-state index contributed by atoms with van der Waals surface area (Å²) in [6.07, 6.45) is 0. The largest absolute Gasteiger partial charge is 0.398 e. The lowest BCUT2D eigenvalue weighted by Gasteiger charge is -2.11. The third-order valence-corrected chi connectivity index (χ3v) is 4.31. The number of nitrogens with two attached hydrogens (primary N) is 1. The van der Waals surface area contributed by atoms with E-state index in [0.29, 0.717) is 11.4 Å². The number of benzene rings is 2. The van der Waals surface area contributed by atoms with Gasteiger partial charge in [0.05, 0.1) is 10.6 Å². The highest BCUT2D eigenvalue weighted by Crippen LogP contribution is 2.21. The minimum atomic E-state index is -3.61. The van der Waals surface area contributed by atoms with Gasteiger partial charge in [-0.3, -0.25) is 4.72 Å². The van der Waals surface area contributed by atoms with E-state index in [1.54, 1.807) is 24.3 Å². The first-order valence-corrected chi connectivity index (χ1v) is 7.33. The van der Waals surface area contributed by atoms with Crippen molar-refractivity contribution in [2.45, 2.75) is 18.7 Å². The highest BCUT2D eigenvalue weighted by Gasteiger charge is 2.15. The van der Waals surface area contributed by atoms with E-state index in [9.17, 15) is 8.42 Å². The van der Waals surface area contributed by atoms with Gasteiger partial charge in [-0.1, -0.05) is 24.3 Å². The molecule has 0 saturated carbocycles. The lowest BCUT2D eigenvalue weighted by atomic mass is 10.2. The van der Waals surface area contributed by atoms with Crippen molar-refractivity contribution < 1.29 is 8.42 Å². The van der Waals surface area contributed by atoms with Gasteiger partial charge in [0.25, 0.3) is 10.0 Å². The molecule has 0 bridgehead atoms. The van der Waals surface area contributed by atoms with Crippen molar-refractivity contribution in [3.8, 4) is 0 Å². The average Bonchev–Trinajstić information content (AvgIpc) is 2.35. The zero-order chi connectivity index (χ0) is 14.0. The normalized spacial score (nSPS) is 11.3. The van der Waals surface area contributed by atoms with E-state index in [1.165, 1.54) is 6.07 Å². The van der Waals surface area contributed by atoms with E-state index in [2.05, 4.69) is 4.72 Å². The fourth-order valence-corrected chi connectivity index (χ4v) is 2.84. The average molecular weight is 276 g/mol. The zero-order valence-electron chi connectivity index (χ0n) is 10.8. The highest BCUT2D eigenvalue weighted by atomic mass is 32.2. The van der Waals surface area contributed by atoms with Gasteiger partial charge >= 0.3 is 0 Å².